The maximum atomic E-state index is 12.3. The van der Waals surface area contributed by atoms with Crippen molar-refractivity contribution in [3.63, 3.8) is 0 Å². The zero-order valence-electron chi connectivity index (χ0n) is 14.0. The van der Waals surface area contributed by atoms with Gasteiger partial charge in [0.15, 0.2) is 0 Å². The fourth-order valence-electron chi connectivity index (χ4n) is 3.25. The Kier molecular flexibility index (Phi) is 4.83. The predicted molar refractivity (Wildman–Crippen MR) is 89.4 cm³/mol. The molecule has 2 heterocycles. The molecule has 1 aromatic rings. The molecule has 1 aromatic carbocycles. The molecular weight excluding hydrogens is 306 g/mol. The van der Waals surface area contributed by atoms with Gasteiger partial charge in [0.2, 0.25) is 0 Å². The van der Waals surface area contributed by atoms with E-state index in [0.717, 1.165) is 37.9 Å². The number of likely N-dealkylation sites (tertiary alicyclic amines) is 1. The van der Waals surface area contributed by atoms with Gasteiger partial charge in [0.05, 0.1) is 6.54 Å². The SMILES string of the molecule is CCCC1NC(=O)N(Cc2ccc(C(=O)N3CCCC3)cc2)C1=O. The van der Waals surface area contributed by atoms with Gasteiger partial charge in [0.25, 0.3) is 11.8 Å². The highest BCUT2D eigenvalue weighted by Crippen LogP contribution is 2.17. The van der Waals surface area contributed by atoms with Crippen LogP contribution in [0.4, 0.5) is 4.79 Å². The number of urea groups is 1. The van der Waals surface area contributed by atoms with Crippen LogP contribution in [-0.2, 0) is 11.3 Å². The van der Waals surface area contributed by atoms with Crippen molar-refractivity contribution in [2.45, 2.75) is 45.2 Å². The van der Waals surface area contributed by atoms with E-state index in [2.05, 4.69) is 5.32 Å². The van der Waals surface area contributed by atoms with E-state index in [-0.39, 0.29) is 24.4 Å². The zero-order chi connectivity index (χ0) is 17.1. The first-order chi connectivity index (χ1) is 11.6. The number of hydrogen-bond donors (Lipinski definition) is 1. The highest BCUT2D eigenvalue weighted by atomic mass is 16.2. The average Bonchev–Trinajstić information content (AvgIpc) is 3.20. The summed E-state index contributed by atoms with van der Waals surface area (Å²) in [6.07, 6.45) is 3.63. The van der Waals surface area contributed by atoms with Crippen molar-refractivity contribution < 1.29 is 14.4 Å². The second kappa shape index (κ2) is 7.03. The summed E-state index contributed by atoms with van der Waals surface area (Å²) in [5.74, 6) is -0.115. The molecule has 3 rings (SSSR count). The molecule has 128 valence electrons. The lowest BCUT2D eigenvalue weighted by molar-refractivity contribution is -0.128. The number of nitrogens with zero attached hydrogens (tertiary/aromatic N) is 2. The first-order valence-corrected chi connectivity index (χ1v) is 8.60. The molecule has 0 aromatic heterocycles. The van der Waals surface area contributed by atoms with Crippen molar-refractivity contribution in [1.29, 1.82) is 0 Å². The topological polar surface area (TPSA) is 69.7 Å². The van der Waals surface area contributed by atoms with E-state index in [1.54, 1.807) is 12.1 Å². The van der Waals surface area contributed by atoms with Crippen molar-refractivity contribution in [3.8, 4) is 0 Å². The van der Waals surface area contributed by atoms with E-state index in [4.69, 9.17) is 0 Å². The molecule has 0 bridgehead atoms. The predicted octanol–water partition coefficient (Wildman–Crippen LogP) is 2.14. The summed E-state index contributed by atoms with van der Waals surface area (Å²) < 4.78 is 0. The van der Waals surface area contributed by atoms with Gasteiger partial charge in [-0.1, -0.05) is 25.5 Å². The molecule has 1 atom stereocenters. The fourth-order valence-corrected chi connectivity index (χ4v) is 3.25. The standard InChI is InChI=1S/C18H23N3O3/c1-2-5-15-17(23)21(18(24)19-15)12-13-6-8-14(9-7-13)16(22)20-10-3-4-11-20/h6-9,15H,2-5,10-12H2,1H3,(H,19,24). The van der Waals surface area contributed by atoms with Gasteiger partial charge in [-0.3, -0.25) is 14.5 Å². The molecule has 24 heavy (non-hydrogen) atoms. The van der Waals surface area contributed by atoms with E-state index < -0.39 is 6.04 Å². The molecule has 2 fully saturated rings. The van der Waals surface area contributed by atoms with Crippen LogP contribution in [0.1, 0.15) is 48.5 Å². The Morgan fingerprint density at radius 2 is 1.83 bits per heavy atom. The van der Waals surface area contributed by atoms with Crippen LogP contribution >= 0.6 is 0 Å². The Hall–Kier alpha value is -2.37. The van der Waals surface area contributed by atoms with Crippen molar-refractivity contribution in [2.24, 2.45) is 0 Å². The van der Waals surface area contributed by atoms with Gasteiger partial charge in [-0.2, -0.15) is 0 Å². The second-order valence-corrected chi connectivity index (χ2v) is 6.41. The van der Waals surface area contributed by atoms with Gasteiger partial charge in [0.1, 0.15) is 6.04 Å². The first kappa shape index (κ1) is 16.5. The summed E-state index contributed by atoms with van der Waals surface area (Å²) >= 11 is 0. The lowest BCUT2D eigenvalue weighted by Crippen LogP contribution is -2.31. The highest BCUT2D eigenvalue weighted by molar-refractivity contribution is 6.04. The Balaban J connectivity index is 1.65. The summed E-state index contributed by atoms with van der Waals surface area (Å²) in [7, 11) is 0. The summed E-state index contributed by atoms with van der Waals surface area (Å²) in [4.78, 5) is 39.6. The monoisotopic (exact) mass is 329 g/mol. The molecule has 0 spiro atoms. The minimum absolute atomic E-state index is 0.0528. The zero-order valence-corrected chi connectivity index (χ0v) is 14.0. The third-order valence-corrected chi connectivity index (χ3v) is 4.62. The molecule has 0 saturated carbocycles. The summed E-state index contributed by atoms with van der Waals surface area (Å²) in [6.45, 7) is 3.87. The van der Waals surface area contributed by atoms with Crippen LogP contribution in [-0.4, -0.2) is 46.8 Å². The quantitative estimate of drug-likeness (QED) is 0.842. The Bertz CT molecular complexity index is 635. The molecule has 6 nitrogen and oxygen atoms in total. The minimum Gasteiger partial charge on any atom is -0.339 e. The van der Waals surface area contributed by atoms with E-state index in [0.29, 0.717) is 12.0 Å². The van der Waals surface area contributed by atoms with Crippen molar-refractivity contribution in [3.05, 3.63) is 35.4 Å². The number of amides is 4. The number of nitrogens with one attached hydrogen (secondary N) is 1. The molecule has 6 heteroatoms. The third kappa shape index (κ3) is 3.27. The second-order valence-electron chi connectivity index (χ2n) is 6.41. The van der Waals surface area contributed by atoms with Crippen LogP contribution < -0.4 is 5.32 Å². The highest BCUT2D eigenvalue weighted by Gasteiger charge is 2.37. The van der Waals surface area contributed by atoms with Crippen LogP contribution in [0.5, 0.6) is 0 Å². The van der Waals surface area contributed by atoms with E-state index in [9.17, 15) is 14.4 Å². The smallest absolute Gasteiger partial charge is 0.325 e. The first-order valence-electron chi connectivity index (χ1n) is 8.60. The van der Waals surface area contributed by atoms with Gasteiger partial charge in [-0.05, 0) is 37.0 Å². The molecule has 0 radical (unpaired) electrons. The Morgan fingerprint density at radius 1 is 1.17 bits per heavy atom. The number of hydrogen-bond acceptors (Lipinski definition) is 3. The van der Waals surface area contributed by atoms with Crippen LogP contribution in [0.15, 0.2) is 24.3 Å². The Morgan fingerprint density at radius 3 is 2.46 bits per heavy atom. The van der Waals surface area contributed by atoms with Crippen LogP contribution in [0.2, 0.25) is 0 Å². The largest absolute Gasteiger partial charge is 0.339 e. The van der Waals surface area contributed by atoms with E-state index in [1.165, 1.54) is 4.90 Å². The van der Waals surface area contributed by atoms with Crippen molar-refractivity contribution in [2.75, 3.05) is 13.1 Å². The van der Waals surface area contributed by atoms with Gasteiger partial charge >= 0.3 is 6.03 Å². The lowest BCUT2D eigenvalue weighted by Gasteiger charge is -2.16. The summed E-state index contributed by atoms with van der Waals surface area (Å²) in [5.41, 5.74) is 1.50. The van der Waals surface area contributed by atoms with Crippen molar-refractivity contribution >= 4 is 17.8 Å². The maximum Gasteiger partial charge on any atom is 0.325 e. The number of benzene rings is 1. The molecule has 2 saturated heterocycles. The lowest BCUT2D eigenvalue weighted by atomic mass is 10.1. The van der Waals surface area contributed by atoms with Crippen LogP contribution in [0, 0.1) is 0 Å². The summed E-state index contributed by atoms with van der Waals surface area (Å²) in [5, 5.41) is 2.72. The molecule has 0 aliphatic carbocycles. The van der Waals surface area contributed by atoms with Crippen molar-refractivity contribution in [1.82, 2.24) is 15.1 Å². The minimum atomic E-state index is -0.404. The van der Waals surface area contributed by atoms with Gasteiger partial charge in [0, 0.05) is 18.7 Å². The average molecular weight is 329 g/mol. The molecular formula is C18H23N3O3. The fraction of sp³-hybridized carbons (Fsp3) is 0.500. The summed E-state index contributed by atoms with van der Waals surface area (Å²) in [6, 6.07) is 6.44. The Labute approximate surface area is 141 Å². The third-order valence-electron chi connectivity index (χ3n) is 4.62. The maximum absolute atomic E-state index is 12.3. The molecule has 2 aliphatic rings. The van der Waals surface area contributed by atoms with E-state index >= 15 is 0 Å². The van der Waals surface area contributed by atoms with Crippen LogP contribution in [0.25, 0.3) is 0 Å². The number of imide groups is 1. The number of rotatable bonds is 5. The van der Waals surface area contributed by atoms with E-state index in [1.807, 2.05) is 24.0 Å². The molecule has 2 aliphatic heterocycles. The number of carbonyl (C=O) groups is 3. The normalized spacial score (nSPS) is 20.6. The number of carbonyl (C=O) groups excluding carboxylic acids is 3. The molecule has 4 amide bonds. The van der Waals surface area contributed by atoms with Gasteiger partial charge < -0.3 is 10.2 Å². The van der Waals surface area contributed by atoms with Gasteiger partial charge in [-0.25, -0.2) is 4.79 Å². The molecule has 1 unspecified atom stereocenters. The van der Waals surface area contributed by atoms with Crippen LogP contribution in [0.3, 0.4) is 0 Å². The van der Waals surface area contributed by atoms with Gasteiger partial charge in [-0.15, -0.1) is 0 Å². The molecule has 1 N–H and O–H groups in total.